The fraction of sp³-hybridized carbons (Fsp3) is 0.632. The van der Waals surface area contributed by atoms with Crippen molar-refractivity contribution in [2.45, 2.75) is 31.7 Å². The zero-order chi connectivity index (χ0) is 17.9. The van der Waals surface area contributed by atoms with E-state index in [9.17, 15) is 0 Å². The van der Waals surface area contributed by atoms with Crippen LogP contribution >= 0.6 is 0 Å². The molecule has 0 spiro atoms. The van der Waals surface area contributed by atoms with Crippen LogP contribution in [-0.4, -0.2) is 51.1 Å². The summed E-state index contributed by atoms with van der Waals surface area (Å²) in [6.45, 7) is 3.06. The van der Waals surface area contributed by atoms with Crippen LogP contribution in [-0.2, 0) is 7.05 Å². The van der Waals surface area contributed by atoms with E-state index in [2.05, 4.69) is 49.1 Å². The molecular weight excluding hydrogens is 326 g/mol. The van der Waals surface area contributed by atoms with Crippen LogP contribution in [0, 0.1) is 11.8 Å². The molecule has 7 heteroatoms. The number of piperidine rings is 1. The van der Waals surface area contributed by atoms with Gasteiger partial charge in [0.2, 0.25) is 0 Å². The SMILES string of the molecule is CN1CCC[C@@H](CNc2cc(NCC3CC3)ncn2)[C@@H]1c1cncn1C. The van der Waals surface area contributed by atoms with Gasteiger partial charge >= 0.3 is 0 Å². The topological polar surface area (TPSA) is 70.9 Å². The average Bonchev–Trinajstić information content (AvgIpc) is 3.39. The molecule has 1 saturated heterocycles. The minimum Gasteiger partial charge on any atom is -0.370 e. The first-order valence-electron chi connectivity index (χ1n) is 9.67. The van der Waals surface area contributed by atoms with E-state index in [4.69, 9.17) is 0 Å². The van der Waals surface area contributed by atoms with Crippen LogP contribution in [0.25, 0.3) is 0 Å². The third-order valence-electron chi connectivity index (χ3n) is 5.65. The highest BCUT2D eigenvalue weighted by Crippen LogP contribution is 2.35. The standard InChI is InChI=1S/C19H29N7/c1-25-7-3-4-15(19(25)16-11-20-13-26(16)2)10-22-18-8-17(23-12-24-18)21-9-14-5-6-14/h8,11-15,19H,3-7,9-10H2,1-2H3,(H2,21,22,23,24)/t15-,19+/m0/s1. The summed E-state index contributed by atoms with van der Waals surface area (Å²) in [4.78, 5) is 15.5. The van der Waals surface area contributed by atoms with Gasteiger partial charge in [-0.05, 0) is 51.1 Å². The van der Waals surface area contributed by atoms with Crippen molar-refractivity contribution in [2.75, 3.05) is 37.3 Å². The molecule has 2 aromatic heterocycles. The molecule has 1 aliphatic carbocycles. The van der Waals surface area contributed by atoms with Crippen molar-refractivity contribution in [2.24, 2.45) is 18.9 Å². The molecule has 2 fully saturated rings. The van der Waals surface area contributed by atoms with E-state index in [1.807, 2.05) is 18.6 Å². The predicted molar refractivity (Wildman–Crippen MR) is 103 cm³/mol. The highest BCUT2D eigenvalue weighted by atomic mass is 15.2. The summed E-state index contributed by atoms with van der Waals surface area (Å²) in [5.74, 6) is 3.18. The number of anilines is 2. The number of imidazole rings is 1. The van der Waals surface area contributed by atoms with Gasteiger partial charge in [0.15, 0.2) is 0 Å². The first kappa shape index (κ1) is 17.3. The Morgan fingerprint density at radius 1 is 1.08 bits per heavy atom. The second kappa shape index (κ2) is 7.61. The summed E-state index contributed by atoms with van der Waals surface area (Å²) in [5.41, 5.74) is 1.29. The maximum absolute atomic E-state index is 4.40. The number of likely N-dealkylation sites (tertiary alicyclic amines) is 1. The number of aromatic nitrogens is 4. The molecule has 0 unspecified atom stereocenters. The largest absolute Gasteiger partial charge is 0.370 e. The molecule has 0 amide bonds. The average molecular weight is 355 g/mol. The van der Waals surface area contributed by atoms with Crippen molar-refractivity contribution in [1.82, 2.24) is 24.4 Å². The number of hydrogen-bond donors (Lipinski definition) is 2. The number of aryl methyl sites for hydroxylation is 1. The first-order valence-corrected chi connectivity index (χ1v) is 9.67. The van der Waals surface area contributed by atoms with E-state index in [0.29, 0.717) is 12.0 Å². The van der Waals surface area contributed by atoms with E-state index in [-0.39, 0.29) is 0 Å². The number of hydrogen-bond acceptors (Lipinski definition) is 6. The van der Waals surface area contributed by atoms with Crippen LogP contribution in [0.1, 0.15) is 37.4 Å². The Morgan fingerprint density at radius 2 is 1.85 bits per heavy atom. The lowest BCUT2D eigenvalue weighted by atomic mass is 9.87. The normalized spacial score (nSPS) is 23.8. The molecule has 2 atom stereocenters. The van der Waals surface area contributed by atoms with Gasteiger partial charge < -0.3 is 15.2 Å². The lowest BCUT2D eigenvalue weighted by Gasteiger charge is -2.39. The highest BCUT2D eigenvalue weighted by molar-refractivity contribution is 5.46. The quantitative estimate of drug-likeness (QED) is 0.795. The smallest absolute Gasteiger partial charge is 0.131 e. The van der Waals surface area contributed by atoms with E-state index < -0.39 is 0 Å². The Hall–Kier alpha value is -2.15. The van der Waals surface area contributed by atoms with Crippen molar-refractivity contribution >= 4 is 11.6 Å². The third-order valence-corrected chi connectivity index (χ3v) is 5.65. The number of rotatable bonds is 7. The zero-order valence-electron chi connectivity index (χ0n) is 15.7. The molecule has 2 aromatic rings. The maximum atomic E-state index is 4.40. The van der Waals surface area contributed by atoms with Crippen molar-refractivity contribution < 1.29 is 0 Å². The van der Waals surface area contributed by atoms with Crippen LogP contribution in [0.15, 0.2) is 24.9 Å². The fourth-order valence-electron chi connectivity index (χ4n) is 3.95. The molecule has 4 rings (SSSR count). The van der Waals surface area contributed by atoms with Crippen LogP contribution in [0.5, 0.6) is 0 Å². The molecule has 2 N–H and O–H groups in total. The van der Waals surface area contributed by atoms with Gasteiger partial charge in [0.25, 0.3) is 0 Å². The van der Waals surface area contributed by atoms with Gasteiger partial charge in [0.05, 0.1) is 18.1 Å². The monoisotopic (exact) mass is 355 g/mol. The Labute approximate surface area is 155 Å². The van der Waals surface area contributed by atoms with E-state index in [1.165, 1.54) is 31.4 Å². The molecule has 1 aliphatic heterocycles. The molecule has 0 bridgehead atoms. The highest BCUT2D eigenvalue weighted by Gasteiger charge is 2.32. The summed E-state index contributed by atoms with van der Waals surface area (Å²) in [5, 5.41) is 6.96. The first-order chi connectivity index (χ1) is 12.7. The zero-order valence-corrected chi connectivity index (χ0v) is 15.7. The fourth-order valence-corrected chi connectivity index (χ4v) is 3.95. The molecule has 1 saturated carbocycles. The molecule has 0 radical (unpaired) electrons. The molecule has 3 heterocycles. The molecule has 2 aliphatic rings. The Balaban J connectivity index is 1.40. The van der Waals surface area contributed by atoms with E-state index in [0.717, 1.165) is 37.2 Å². The van der Waals surface area contributed by atoms with Crippen molar-refractivity contribution in [3.63, 3.8) is 0 Å². The Morgan fingerprint density at radius 3 is 2.54 bits per heavy atom. The number of nitrogens with one attached hydrogen (secondary N) is 2. The van der Waals surface area contributed by atoms with Gasteiger partial charge in [-0.15, -0.1) is 0 Å². The summed E-state index contributed by atoms with van der Waals surface area (Å²) in [7, 11) is 4.30. The van der Waals surface area contributed by atoms with Crippen LogP contribution < -0.4 is 10.6 Å². The summed E-state index contributed by atoms with van der Waals surface area (Å²) >= 11 is 0. The van der Waals surface area contributed by atoms with Crippen molar-refractivity contribution in [3.8, 4) is 0 Å². The molecule has 0 aromatic carbocycles. The van der Waals surface area contributed by atoms with Crippen LogP contribution in [0.4, 0.5) is 11.6 Å². The molecule has 140 valence electrons. The number of nitrogens with zero attached hydrogens (tertiary/aromatic N) is 5. The summed E-state index contributed by atoms with van der Waals surface area (Å²) in [6.07, 6.45) is 10.7. The molecule has 26 heavy (non-hydrogen) atoms. The van der Waals surface area contributed by atoms with Crippen molar-refractivity contribution in [3.05, 3.63) is 30.6 Å². The Kier molecular flexibility index (Phi) is 5.06. The van der Waals surface area contributed by atoms with Crippen LogP contribution in [0.3, 0.4) is 0 Å². The Bertz CT molecular complexity index is 724. The second-order valence-electron chi connectivity index (χ2n) is 7.75. The predicted octanol–water partition coefficient (Wildman–Crippen LogP) is 2.53. The van der Waals surface area contributed by atoms with Gasteiger partial charge in [0.1, 0.15) is 18.0 Å². The lowest BCUT2D eigenvalue weighted by Crippen LogP contribution is -2.39. The minimum atomic E-state index is 0.387. The third kappa shape index (κ3) is 3.98. The van der Waals surface area contributed by atoms with Crippen molar-refractivity contribution in [1.29, 1.82) is 0 Å². The summed E-state index contributed by atoms with van der Waals surface area (Å²) in [6, 6.07) is 2.41. The van der Waals surface area contributed by atoms with Crippen LogP contribution in [0.2, 0.25) is 0 Å². The van der Waals surface area contributed by atoms with Gasteiger partial charge in [-0.25, -0.2) is 15.0 Å². The minimum absolute atomic E-state index is 0.387. The van der Waals surface area contributed by atoms with E-state index >= 15 is 0 Å². The molecule has 7 nitrogen and oxygen atoms in total. The molecular formula is C19H29N7. The van der Waals surface area contributed by atoms with Gasteiger partial charge in [0, 0.05) is 32.4 Å². The van der Waals surface area contributed by atoms with Gasteiger partial charge in [-0.3, -0.25) is 4.90 Å². The lowest BCUT2D eigenvalue weighted by molar-refractivity contribution is 0.122. The maximum Gasteiger partial charge on any atom is 0.131 e. The summed E-state index contributed by atoms with van der Waals surface area (Å²) < 4.78 is 2.14. The van der Waals surface area contributed by atoms with Gasteiger partial charge in [-0.2, -0.15) is 0 Å². The van der Waals surface area contributed by atoms with Gasteiger partial charge in [-0.1, -0.05) is 0 Å². The second-order valence-corrected chi connectivity index (χ2v) is 7.75. The van der Waals surface area contributed by atoms with E-state index in [1.54, 1.807) is 6.33 Å².